The van der Waals surface area contributed by atoms with Crippen molar-refractivity contribution in [1.82, 2.24) is 5.32 Å². The monoisotopic (exact) mass is 392 g/mol. The Labute approximate surface area is 169 Å². The molecule has 0 radical (unpaired) electrons. The number of nitrogens with one attached hydrogen (secondary N) is 2. The van der Waals surface area contributed by atoms with E-state index < -0.39 is 5.41 Å². The van der Waals surface area contributed by atoms with Gasteiger partial charge in [0, 0.05) is 21.5 Å². The Balaban J connectivity index is 1.81. The van der Waals surface area contributed by atoms with Gasteiger partial charge in [-0.05, 0) is 35.2 Å². The molecule has 0 aliphatic heterocycles. The third kappa shape index (κ3) is 4.87. The highest BCUT2D eigenvalue weighted by Crippen LogP contribution is 2.26. The van der Waals surface area contributed by atoms with Gasteiger partial charge >= 0.3 is 0 Å². The van der Waals surface area contributed by atoms with Crippen LogP contribution in [0.15, 0.2) is 72.1 Å². The van der Waals surface area contributed by atoms with Gasteiger partial charge in [-0.25, -0.2) is 0 Å². The molecule has 144 valence electrons. The molecule has 1 heterocycles. The van der Waals surface area contributed by atoms with Crippen molar-refractivity contribution < 1.29 is 9.59 Å². The smallest absolute Gasteiger partial charge is 0.252 e. The third-order valence-corrected chi connectivity index (χ3v) is 5.24. The molecule has 3 aromatic rings. The largest absolute Gasteiger partial charge is 0.340 e. The molecule has 0 saturated heterocycles. The van der Waals surface area contributed by atoms with Gasteiger partial charge in [-0.15, -0.1) is 11.3 Å². The number of anilines is 1. The maximum absolute atomic E-state index is 12.9. The van der Waals surface area contributed by atoms with E-state index in [1.165, 1.54) is 0 Å². The molecule has 0 fully saturated rings. The van der Waals surface area contributed by atoms with Crippen LogP contribution in [0.2, 0.25) is 0 Å². The molecule has 3 rings (SSSR count). The van der Waals surface area contributed by atoms with Crippen molar-refractivity contribution in [3.8, 4) is 0 Å². The van der Waals surface area contributed by atoms with Crippen molar-refractivity contribution in [3.05, 3.63) is 88.1 Å². The van der Waals surface area contributed by atoms with Gasteiger partial charge in [0.25, 0.3) is 5.91 Å². The molecule has 0 aliphatic carbocycles. The molecule has 2 N–H and O–H groups in total. The quantitative estimate of drug-likeness (QED) is 0.623. The zero-order valence-corrected chi connectivity index (χ0v) is 17.0. The summed E-state index contributed by atoms with van der Waals surface area (Å²) in [6.45, 7) is 5.55. The molecule has 1 aromatic heterocycles. The predicted octanol–water partition coefficient (Wildman–Crippen LogP) is 5.25. The molecular weight excluding hydrogens is 368 g/mol. The second kappa shape index (κ2) is 8.40. The van der Waals surface area contributed by atoms with E-state index in [2.05, 4.69) is 10.6 Å². The van der Waals surface area contributed by atoms with Crippen LogP contribution in [0.25, 0.3) is 0 Å². The Hall–Kier alpha value is -2.92. The number of hydrogen-bond acceptors (Lipinski definition) is 3. The molecule has 0 aliphatic rings. The predicted molar refractivity (Wildman–Crippen MR) is 115 cm³/mol. The molecule has 0 spiro atoms. The fourth-order valence-corrected chi connectivity index (χ4v) is 3.49. The van der Waals surface area contributed by atoms with Gasteiger partial charge in [0.05, 0.1) is 6.04 Å². The zero-order chi connectivity index (χ0) is 20.1. The fraction of sp³-hybridized carbons (Fsp3) is 0.217. The van der Waals surface area contributed by atoms with E-state index in [1.807, 2.05) is 68.6 Å². The Morgan fingerprint density at radius 2 is 1.68 bits per heavy atom. The summed E-state index contributed by atoms with van der Waals surface area (Å²) < 4.78 is 0. The van der Waals surface area contributed by atoms with E-state index in [0.717, 1.165) is 10.4 Å². The van der Waals surface area contributed by atoms with Crippen molar-refractivity contribution in [1.29, 1.82) is 0 Å². The number of rotatable bonds is 5. The summed E-state index contributed by atoms with van der Waals surface area (Å²) >= 11 is 1.61. The van der Waals surface area contributed by atoms with Crippen LogP contribution < -0.4 is 10.6 Å². The first kappa shape index (κ1) is 19.8. The standard InChI is InChI=1S/C23H24N2O2S/c1-23(2,3)22(27)24-18-12-7-11-17(15-18)21(26)25-20(19-13-8-14-28-19)16-9-5-4-6-10-16/h4-15,20H,1-3H3,(H,24,27)(H,25,26)/t20-/m0/s1. The average molecular weight is 393 g/mol. The molecule has 2 aromatic carbocycles. The van der Waals surface area contributed by atoms with Gasteiger partial charge in [0.2, 0.25) is 5.91 Å². The first-order valence-corrected chi connectivity index (χ1v) is 10.0. The minimum atomic E-state index is -0.504. The lowest BCUT2D eigenvalue weighted by Gasteiger charge is -2.19. The summed E-state index contributed by atoms with van der Waals surface area (Å²) in [5, 5.41) is 7.99. The SMILES string of the molecule is CC(C)(C)C(=O)Nc1cccc(C(=O)N[C@@H](c2ccccc2)c2cccs2)c1. The maximum atomic E-state index is 12.9. The molecule has 0 unspecified atom stereocenters. The summed E-state index contributed by atoms with van der Waals surface area (Å²) in [5.41, 5.74) is 1.63. The van der Waals surface area contributed by atoms with Crippen LogP contribution in [0.1, 0.15) is 47.6 Å². The highest BCUT2D eigenvalue weighted by Gasteiger charge is 2.22. The van der Waals surface area contributed by atoms with E-state index >= 15 is 0 Å². The topological polar surface area (TPSA) is 58.2 Å². The summed E-state index contributed by atoms with van der Waals surface area (Å²) in [6.07, 6.45) is 0. The minimum absolute atomic E-state index is 0.0918. The lowest BCUT2D eigenvalue weighted by atomic mass is 9.95. The number of hydrogen-bond donors (Lipinski definition) is 2. The van der Waals surface area contributed by atoms with E-state index in [9.17, 15) is 9.59 Å². The first-order chi connectivity index (χ1) is 13.3. The van der Waals surface area contributed by atoms with Gasteiger partial charge < -0.3 is 10.6 Å². The van der Waals surface area contributed by atoms with Crippen LogP contribution in [0.3, 0.4) is 0 Å². The van der Waals surface area contributed by atoms with Crippen molar-refractivity contribution in [2.24, 2.45) is 5.41 Å². The van der Waals surface area contributed by atoms with Gasteiger partial charge in [0.15, 0.2) is 0 Å². The van der Waals surface area contributed by atoms with Gasteiger partial charge in [-0.3, -0.25) is 9.59 Å². The zero-order valence-electron chi connectivity index (χ0n) is 16.2. The lowest BCUT2D eigenvalue weighted by molar-refractivity contribution is -0.123. The van der Waals surface area contributed by atoms with Crippen LogP contribution in [-0.2, 0) is 4.79 Å². The van der Waals surface area contributed by atoms with Crippen molar-refractivity contribution in [2.75, 3.05) is 5.32 Å². The summed E-state index contributed by atoms with van der Waals surface area (Å²) in [7, 11) is 0. The Kier molecular flexibility index (Phi) is 5.95. The van der Waals surface area contributed by atoms with E-state index in [4.69, 9.17) is 0 Å². The van der Waals surface area contributed by atoms with Crippen molar-refractivity contribution in [2.45, 2.75) is 26.8 Å². The van der Waals surface area contributed by atoms with Gasteiger partial charge in [0.1, 0.15) is 0 Å². The van der Waals surface area contributed by atoms with E-state index in [1.54, 1.807) is 35.6 Å². The van der Waals surface area contributed by atoms with E-state index in [-0.39, 0.29) is 17.9 Å². The van der Waals surface area contributed by atoms with E-state index in [0.29, 0.717) is 11.3 Å². The van der Waals surface area contributed by atoms with Crippen molar-refractivity contribution in [3.63, 3.8) is 0 Å². The van der Waals surface area contributed by atoms with Crippen LogP contribution in [0.5, 0.6) is 0 Å². The number of amides is 2. The molecule has 5 heteroatoms. The summed E-state index contributed by atoms with van der Waals surface area (Å²) in [4.78, 5) is 26.2. The molecule has 4 nitrogen and oxygen atoms in total. The molecular formula is C23H24N2O2S. The van der Waals surface area contributed by atoms with Crippen molar-refractivity contribution >= 4 is 28.8 Å². The molecule has 0 saturated carbocycles. The highest BCUT2D eigenvalue weighted by atomic mass is 32.1. The van der Waals surface area contributed by atoms with Gasteiger partial charge in [-0.1, -0.05) is 63.2 Å². The average Bonchev–Trinajstić information content (AvgIpc) is 3.20. The highest BCUT2D eigenvalue weighted by molar-refractivity contribution is 7.10. The van der Waals surface area contributed by atoms with Crippen LogP contribution >= 0.6 is 11.3 Å². The second-order valence-corrected chi connectivity index (χ2v) is 8.60. The van der Waals surface area contributed by atoms with Gasteiger partial charge in [-0.2, -0.15) is 0 Å². The molecule has 1 atom stereocenters. The number of benzene rings is 2. The Morgan fingerprint density at radius 3 is 2.32 bits per heavy atom. The summed E-state index contributed by atoms with van der Waals surface area (Å²) in [6, 6.07) is 20.7. The van der Waals surface area contributed by atoms with Crippen LogP contribution in [0, 0.1) is 5.41 Å². The third-order valence-electron chi connectivity index (χ3n) is 4.30. The minimum Gasteiger partial charge on any atom is -0.340 e. The first-order valence-electron chi connectivity index (χ1n) is 9.15. The lowest BCUT2D eigenvalue weighted by Crippen LogP contribution is -2.29. The van der Waals surface area contributed by atoms with Crippen LogP contribution in [0.4, 0.5) is 5.69 Å². The van der Waals surface area contributed by atoms with Crippen LogP contribution in [-0.4, -0.2) is 11.8 Å². The molecule has 28 heavy (non-hydrogen) atoms. The maximum Gasteiger partial charge on any atom is 0.252 e. The summed E-state index contributed by atoms with van der Waals surface area (Å²) in [5.74, 6) is -0.278. The number of carbonyl (C=O) groups is 2. The normalized spacial score (nSPS) is 12.2. The number of thiophene rings is 1. The number of carbonyl (C=O) groups excluding carboxylic acids is 2. The molecule has 2 amide bonds. The second-order valence-electron chi connectivity index (χ2n) is 7.62. The Bertz CT molecular complexity index is 944. The fourth-order valence-electron chi connectivity index (χ4n) is 2.69. The molecule has 0 bridgehead atoms. The Morgan fingerprint density at radius 1 is 0.929 bits per heavy atom.